The minimum absolute atomic E-state index is 0.227. The van der Waals surface area contributed by atoms with Gasteiger partial charge in [0, 0.05) is 0 Å². The van der Waals surface area contributed by atoms with E-state index in [-0.39, 0.29) is 6.17 Å². The molecule has 1 aromatic carbocycles. The Morgan fingerprint density at radius 1 is 1.36 bits per heavy atom. The van der Waals surface area contributed by atoms with Crippen LogP contribution in [0.15, 0.2) is 24.3 Å². The van der Waals surface area contributed by atoms with Crippen LogP contribution in [-0.2, 0) is 0 Å². The van der Waals surface area contributed by atoms with Gasteiger partial charge in [0.05, 0.1) is 13.3 Å². The van der Waals surface area contributed by atoms with Crippen molar-refractivity contribution in [2.24, 2.45) is 0 Å². The highest BCUT2D eigenvalue weighted by molar-refractivity contribution is 5.30. The van der Waals surface area contributed by atoms with Gasteiger partial charge in [-0.25, -0.2) is 0 Å². The second kappa shape index (κ2) is 4.98. The number of hydrogen-bond acceptors (Lipinski definition) is 3. The molecule has 1 rings (SSSR count). The standard InChI is InChI=1S/C11H18N2O/c1-12-11(13(2)3)9-6-5-7-10(8-9)14-4/h5-8,11-12H,1-4H3. The van der Waals surface area contributed by atoms with Crippen molar-refractivity contribution in [1.29, 1.82) is 0 Å². The van der Waals surface area contributed by atoms with Gasteiger partial charge in [0.15, 0.2) is 0 Å². The van der Waals surface area contributed by atoms with Crippen molar-refractivity contribution in [1.82, 2.24) is 10.2 Å². The Labute approximate surface area is 85.7 Å². The zero-order chi connectivity index (χ0) is 10.6. The molecule has 0 aliphatic rings. The van der Waals surface area contributed by atoms with Gasteiger partial charge in [0.1, 0.15) is 5.75 Å². The summed E-state index contributed by atoms with van der Waals surface area (Å²) in [5.74, 6) is 0.893. The smallest absolute Gasteiger partial charge is 0.119 e. The number of benzene rings is 1. The summed E-state index contributed by atoms with van der Waals surface area (Å²) in [5, 5.41) is 3.24. The maximum atomic E-state index is 5.18. The van der Waals surface area contributed by atoms with E-state index in [1.165, 1.54) is 5.56 Å². The summed E-state index contributed by atoms with van der Waals surface area (Å²) in [4.78, 5) is 2.12. The lowest BCUT2D eigenvalue weighted by Gasteiger charge is -2.24. The Balaban J connectivity index is 2.92. The van der Waals surface area contributed by atoms with E-state index in [0.717, 1.165) is 5.75 Å². The Morgan fingerprint density at radius 3 is 2.57 bits per heavy atom. The first-order valence-electron chi connectivity index (χ1n) is 4.66. The van der Waals surface area contributed by atoms with Crippen molar-refractivity contribution in [2.75, 3.05) is 28.3 Å². The number of methoxy groups -OCH3 is 1. The molecule has 0 aliphatic carbocycles. The van der Waals surface area contributed by atoms with E-state index in [4.69, 9.17) is 4.74 Å². The molecule has 0 radical (unpaired) electrons. The predicted octanol–water partition coefficient (Wildman–Crippen LogP) is 1.47. The Kier molecular flexibility index (Phi) is 3.92. The summed E-state index contributed by atoms with van der Waals surface area (Å²) in [6.07, 6.45) is 0.227. The molecule has 0 saturated heterocycles. The summed E-state index contributed by atoms with van der Waals surface area (Å²) < 4.78 is 5.18. The molecule has 0 aromatic heterocycles. The molecule has 1 aromatic rings. The fourth-order valence-electron chi connectivity index (χ4n) is 1.53. The van der Waals surface area contributed by atoms with Gasteiger partial charge in [-0.05, 0) is 38.8 Å². The molecule has 0 aliphatic heterocycles. The van der Waals surface area contributed by atoms with Crippen LogP contribution < -0.4 is 10.1 Å². The van der Waals surface area contributed by atoms with Gasteiger partial charge in [-0.3, -0.25) is 4.90 Å². The van der Waals surface area contributed by atoms with Crippen molar-refractivity contribution < 1.29 is 4.74 Å². The molecule has 0 heterocycles. The first-order valence-corrected chi connectivity index (χ1v) is 4.66. The highest BCUT2D eigenvalue weighted by Crippen LogP contribution is 2.19. The SMILES string of the molecule is CNC(c1cccc(OC)c1)N(C)C. The Morgan fingerprint density at radius 2 is 2.07 bits per heavy atom. The fraction of sp³-hybridized carbons (Fsp3) is 0.455. The van der Waals surface area contributed by atoms with Gasteiger partial charge in [-0.15, -0.1) is 0 Å². The number of ether oxygens (including phenoxy) is 1. The average molecular weight is 194 g/mol. The van der Waals surface area contributed by atoms with Crippen LogP contribution in [0.2, 0.25) is 0 Å². The lowest BCUT2D eigenvalue weighted by Crippen LogP contribution is -2.30. The predicted molar refractivity (Wildman–Crippen MR) is 58.5 cm³/mol. The van der Waals surface area contributed by atoms with Gasteiger partial charge >= 0.3 is 0 Å². The van der Waals surface area contributed by atoms with Crippen LogP contribution in [0, 0.1) is 0 Å². The Bertz CT molecular complexity index is 286. The van der Waals surface area contributed by atoms with Gasteiger partial charge in [0.25, 0.3) is 0 Å². The minimum Gasteiger partial charge on any atom is -0.497 e. The van der Waals surface area contributed by atoms with Crippen molar-refractivity contribution in [3.63, 3.8) is 0 Å². The van der Waals surface area contributed by atoms with E-state index in [1.807, 2.05) is 39.3 Å². The van der Waals surface area contributed by atoms with E-state index >= 15 is 0 Å². The van der Waals surface area contributed by atoms with E-state index in [0.29, 0.717) is 0 Å². The largest absolute Gasteiger partial charge is 0.497 e. The zero-order valence-electron chi connectivity index (χ0n) is 9.24. The lowest BCUT2D eigenvalue weighted by atomic mass is 10.1. The van der Waals surface area contributed by atoms with Gasteiger partial charge < -0.3 is 10.1 Å². The molecule has 0 bridgehead atoms. The summed E-state index contributed by atoms with van der Waals surface area (Å²) >= 11 is 0. The van der Waals surface area contributed by atoms with Gasteiger partial charge in [0.2, 0.25) is 0 Å². The van der Waals surface area contributed by atoms with Gasteiger partial charge in [-0.1, -0.05) is 12.1 Å². The lowest BCUT2D eigenvalue weighted by molar-refractivity contribution is 0.264. The molecule has 1 atom stereocenters. The quantitative estimate of drug-likeness (QED) is 0.735. The molecule has 14 heavy (non-hydrogen) atoms. The fourth-order valence-corrected chi connectivity index (χ4v) is 1.53. The highest BCUT2D eigenvalue weighted by Gasteiger charge is 2.11. The number of nitrogens with one attached hydrogen (secondary N) is 1. The van der Waals surface area contributed by atoms with Crippen molar-refractivity contribution >= 4 is 0 Å². The Hall–Kier alpha value is -1.06. The molecular weight excluding hydrogens is 176 g/mol. The molecule has 0 saturated carbocycles. The molecule has 3 heteroatoms. The maximum Gasteiger partial charge on any atom is 0.119 e. The zero-order valence-corrected chi connectivity index (χ0v) is 9.24. The first-order chi connectivity index (χ1) is 6.69. The average Bonchev–Trinajstić information content (AvgIpc) is 2.19. The summed E-state index contributed by atoms with van der Waals surface area (Å²) in [5.41, 5.74) is 1.21. The second-order valence-corrected chi connectivity index (χ2v) is 3.43. The van der Waals surface area contributed by atoms with E-state index in [2.05, 4.69) is 16.3 Å². The number of rotatable bonds is 4. The van der Waals surface area contributed by atoms with Crippen LogP contribution in [0.25, 0.3) is 0 Å². The molecule has 78 valence electrons. The maximum absolute atomic E-state index is 5.18. The summed E-state index contributed by atoms with van der Waals surface area (Å²) in [6, 6.07) is 8.08. The number of hydrogen-bond donors (Lipinski definition) is 1. The van der Waals surface area contributed by atoms with Crippen LogP contribution in [0.5, 0.6) is 5.75 Å². The van der Waals surface area contributed by atoms with E-state index < -0.39 is 0 Å². The third-order valence-electron chi connectivity index (χ3n) is 2.20. The topological polar surface area (TPSA) is 24.5 Å². The monoisotopic (exact) mass is 194 g/mol. The third kappa shape index (κ3) is 2.47. The van der Waals surface area contributed by atoms with Gasteiger partial charge in [-0.2, -0.15) is 0 Å². The molecule has 1 unspecified atom stereocenters. The van der Waals surface area contributed by atoms with Crippen LogP contribution in [0.3, 0.4) is 0 Å². The van der Waals surface area contributed by atoms with Crippen LogP contribution in [0.1, 0.15) is 11.7 Å². The normalized spacial score (nSPS) is 12.9. The van der Waals surface area contributed by atoms with Crippen molar-refractivity contribution in [3.05, 3.63) is 29.8 Å². The van der Waals surface area contributed by atoms with E-state index in [1.54, 1.807) is 7.11 Å². The molecule has 1 N–H and O–H groups in total. The molecular formula is C11H18N2O. The van der Waals surface area contributed by atoms with E-state index in [9.17, 15) is 0 Å². The van der Waals surface area contributed by atoms with Crippen LogP contribution in [0.4, 0.5) is 0 Å². The molecule has 0 spiro atoms. The highest BCUT2D eigenvalue weighted by atomic mass is 16.5. The van der Waals surface area contributed by atoms with Crippen molar-refractivity contribution in [3.8, 4) is 5.75 Å². The van der Waals surface area contributed by atoms with Crippen LogP contribution >= 0.6 is 0 Å². The second-order valence-electron chi connectivity index (χ2n) is 3.43. The summed E-state index contributed by atoms with van der Waals surface area (Å²) in [6.45, 7) is 0. The number of nitrogens with zero attached hydrogens (tertiary/aromatic N) is 1. The third-order valence-corrected chi connectivity index (χ3v) is 2.20. The molecule has 3 nitrogen and oxygen atoms in total. The molecule has 0 fully saturated rings. The minimum atomic E-state index is 0.227. The van der Waals surface area contributed by atoms with Crippen LogP contribution in [-0.4, -0.2) is 33.2 Å². The first kappa shape index (κ1) is 11.0. The summed E-state index contributed by atoms with van der Waals surface area (Å²) in [7, 11) is 7.72. The van der Waals surface area contributed by atoms with Crippen molar-refractivity contribution in [2.45, 2.75) is 6.17 Å². The molecule has 0 amide bonds.